The molecule has 4 nitrogen and oxygen atoms in total. The van der Waals surface area contributed by atoms with E-state index in [9.17, 15) is 4.79 Å². The van der Waals surface area contributed by atoms with Gasteiger partial charge in [-0.05, 0) is 37.8 Å². The molecule has 2 rings (SSSR count). The lowest BCUT2D eigenvalue weighted by atomic mass is 10.2. The van der Waals surface area contributed by atoms with Crippen LogP contribution < -0.4 is 5.32 Å². The van der Waals surface area contributed by atoms with Crippen LogP contribution in [-0.2, 0) is 0 Å². The van der Waals surface area contributed by atoms with Crippen molar-refractivity contribution in [1.82, 2.24) is 4.98 Å². The van der Waals surface area contributed by atoms with Gasteiger partial charge in [-0.15, -0.1) is 0 Å². The highest BCUT2D eigenvalue weighted by molar-refractivity contribution is 5.88. The van der Waals surface area contributed by atoms with Crippen molar-refractivity contribution in [2.45, 2.75) is 19.8 Å². The van der Waals surface area contributed by atoms with Gasteiger partial charge in [-0.2, -0.15) is 0 Å². The molecule has 0 aliphatic heterocycles. The number of rotatable bonds is 4. The second kappa shape index (κ2) is 3.88. The average Bonchev–Trinajstić information content (AvgIpc) is 2.97. The summed E-state index contributed by atoms with van der Waals surface area (Å²) in [6, 6.07) is 3.16. The van der Waals surface area contributed by atoms with Crippen LogP contribution in [-0.4, -0.2) is 22.6 Å². The van der Waals surface area contributed by atoms with Crippen molar-refractivity contribution >= 4 is 11.8 Å². The Kier molecular flexibility index (Phi) is 2.58. The Morgan fingerprint density at radius 3 is 2.93 bits per heavy atom. The molecule has 0 radical (unpaired) electrons. The standard InChI is InChI=1S/C11H14N2O2/c1-7-4-9(11(14)15)5-10(13-7)12-6-8-2-3-8/h4-5,8H,2-3,6H2,1H3,(H,12,13)(H,14,15). The van der Waals surface area contributed by atoms with Gasteiger partial charge in [-0.1, -0.05) is 0 Å². The van der Waals surface area contributed by atoms with Crippen molar-refractivity contribution in [2.24, 2.45) is 5.92 Å². The maximum Gasteiger partial charge on any atom is 0.335 e. The van der Waals surface area contributed by atoms with Gasteiger partial charge < -0.3 is 10.4 Å². The van der Waals surface area contributed by atoms with E-state index in [-0.39, 0.29) is 0 Å². The molecule has 1 fully saturated rings. The molecule has 0 amide bonds. The number of aromatic nitrogens is 1. The highest BCUT2D eigenvalue weighted by Gasteiger charge is 2.20. The third-order valence-corrected chi connectivity index (χ3v) is 2.47. The van der Waals surface area contributed by atoms with Crippen molar-refractivity contribution in [3.8, 4) is 0 Å². The maximum atomic E-state index is 10.8. The molecule has 80 valence electrons. The molecule has 0 aromatic carbocycles. The van der Waals surface area contributed by atoms with Gasteiger partial charge in [0.1, 0.15) is 5.82 Å². The monoisotopic (exact) mass is 206 g/mol. The summed E-state index contributed by atoms with van der Waals surface area (Å²) in [5.41, 5.74) is 1.02. The summed E-state index contributed by atoms with van der Waals surface area (Å²) in [4.78, 5) is 15.0. The van der Waals surface area contributed by atoms with Crippen LogP contribution in [0.3, 0.4) is 0 Å². The molecular weight excluding hydrogens is 192 g/mol. The minimum Gasteiger partial charge on any atom is -0.478 e. The molecule has 1 aromatic rings. The molecule has 0 spiro atoms. The second-order valence-corrected chi connectivity index (χ2v) is 4.01. The third kappa shape index (κ3) is 2.68. The number of carboxylic acid groups (broad SMARTS) is 1. The average molecular weight is 206 g/mol. The number of nitrogens with zero attached hydrogens (tertiary/aromatic N) is 1. The van der Waals surface area contributed by atoms with E-state index in [1.54, 1.807) is 19.1 Å². The second-order valence-electron chi connectivity index (χ2n) is 4.01. The summed E-state index contributed by atoms with van der Waals surface area (Å²) in [5, 5.41) is 12.0. The minimum absolute atomic E-state index is 0.292. The molecule has 0 unspecified atom stereocenters. The van der Waals surface area contributed by atoms with E-state index in [1.807, 2.05) is 0 Å². The van der Waals surface area contributed by atoms with Gasteiger partial charge in [0.15, 0.2) is 0 Å². The number of aromatic carboxylic acids is 1. The van der Waals surface area contributed by atoms with Crippen LogP contribution in [0.25, 0.3) is 0 Å². The van der Waals surface area contributed by atoms with Gasteiger partial charge in [-0.3, -0.25) is 0 Å². The topological polar surface area (TPSA) is 62.2 Å². The first-order valence-electron chi connectivity index (χ1n) is 5.11. The number of carboxylic acids is 1. The molecule has 1 saturated carbocycles. The molecule has 0 saturated heterocycles. The summed E-state index contributed by atoms with van der Waals surface area (Å²) in [6.45, 7) is 2.70. The number of hydrogen-bond acceptors (Lipinski definition) is 3. The number of aryl methyl sites for hydroxylation is 1. The predicted molar refractivity (Wildman–Crippen MR) is 57.1 cm³/mol. The summed E-state index contributed by atoms with van der Waals surface area (Å²) in [5.74, 6) is 0.509. The van der Waals surface area contributed by atoms with Crippen LogP contribution in [0.5, 0.6) is 0 Å². The molecule has 2 N–H and O–H groups in total. The first kappa shape index (κ1) is 9.96. The quantitative estimate of drug-likeness (QED) is 0.790. The van der Waals surface area contributed by atoms with Crippen molar-refractivity contribution in [1.29, 1.82) is 0 Å². The van der Waals surface area contributed by atoms with Gasteiger partial charge in [0.25, 0.3) is 0 Å². The third-order valence-electron chi connectivity index (χ3n) is 2.47. The largest absolute Gasteiger partial charge is 0.478 e. The lowest BCUT2D eigenvalue weighted by molar-refractivity contribution is 0.0696. The van der Waals surface area contributed by atoms with E-state index < -0.39 is 5.97 Å². The van der Waals surface area contributed by atoms with Crippen LogP contribution in [0, 0.1) is 12.8 Å². The molecule has 0 atom stereocenters. The molecule has 4 heteroatoms. The molecular formula is C11H14N2O2. The fourth-order valence-corrected chi connectivity index (χ4v) is 1.45. The summed E-state index contributed by atoms with van der Waals surface area (Å²) >= 11 is 0. The Morgan fingerprint density at radius 2 is 2.33 bits per heavy atom. The van der Waals surface area contributed by atoms with Crippen molar-refractivity contribution < 1.29 is 9.90 Å². The summed E-state index contributed by atoms with van der Waals surface area (Å²) in [7, 11) is 0. The maximum absolute atomic E-state index is 10.8. The van der Waals surface area contributed by atoms with Crippen LogP contribution >= 0.6 is 0 Å². The van der Waals surface area contributed by atoms with E-state index in [4.69, 9.17) is 5.11 Å². The Bertz CT molecular complexity index is 386. The molecule has 1 aromatic heterocycles. The van der Waals surface area contributed by atoms with Gasteiger partial charge in [0.05, 0.1) is 5.56 Å². The Labute approximate surface area is 88.3 Å². The molecule has 1 aliphatic rings. The highest BCUT2D eigenvalue weighted by atomic mass is 16.4. The van der Waals surface area contributed by atoms with Crippen LogP contribution in [0.15, 0.2) is 12.1 Å². The zero-order valence-electron chi connectivity index (χ0n) is 8.66. The smallest absolute Gasteiger partial charge is 0.335 e. The first-order chi connectivity index (χ1) is 7.15. The van der Waals surface area contributed by atoms with E-state index >= 15 is 0 Å². The van der Waals surface area contributed by atoms with Crippen LogP contribution in [0.1, 0.15) is 28.9 Å². The van der Waals surface area contributed by atoms with Gasteiger partial charge in [0, 0.05) is 12.2 Å². The zero-order chi connectivity index (χ0) is 10.8. The molecule has 1 heterocycles. The summed E-state index contributed by atoms with van der Waals surface area (Å²) < 4.78 is 0. The van der Waals surface area contributed by atoms with Gasteiger partial charge in [-0.25, -0.2) is 9.78 Å². The molecule has 1 aliphatic carbocycles. The number of carbonyl (C=O) groups is 1. The van der Waals surface area contributed by atoms with Crippen molar-refractivity contribution in [3.05, 3.63) is 23.4 Å². The van der Waals surface area contributed by atoms with Crippen LogP contribution in [0.4, 0.5) is 5.82 Å². The van der Waals surface area contributed by atoms with Crippen LogP contribution in [0.2, 0.25) is 0 Å². The van der Waals surface area contributed by atoms with E-state index in [0.717, 1.165) is 18.2 Å². The van der Waals surface area contributed by atoms with Crippen molar-refractivity contribution in [3.63, 3.8) is 0 Å². The molecule has 0 bridgehead atoms. The van der Waals surface area contributed by atoms with E-state index in [2.05, 4.69) is 10.3 Å². The normalized spacial score (nSPS) is 15.0. The van der Waals surface area contributed by atoms with Gasteiger partial charge in [0.2, 0.25) is 0 Å². The Morgan fingerprint density at radius 1 is 1.60 bits per heavy atom. The lowest BCUT2D eigenvalue weighted by Crippen LogP contribution is -2.07. The van der Waals surface area contributed by atoms with Crippen molar-refractivity contribution in [2.75, 3.05) is 11.9 Å². The van der Waals surface area contributed by atoms with E-state index in [0.29, 0.717) is 11.4 Å². The first-order valence-corrected chi connectivity index (χ1v) is 5.11. The fourth-order valence-electron chi connectivity index (χ4n) is 1.45. The van der Waals surface area contributed by atoms with Gasteiger partial charge >= 0.3 is 5.97 Å². The number of pyridine rings is 1. The minimum atomic E-state index is -0.907. The van der Waals surface area contributed by atoms with E-state index in [1.165, 1.54) is 12.8 Å². The Balaban J connectivity index is 2.10. The summed E-state index contributed by atoms with van der Waals surface area (Å²) in [6.07, 6.45) is 2.54. The SMILES string of the molecule is Cc1cc(C(=O)O)cc(NCC2CC2)n1. The number of hydrogen-bond donors (Lipinski definition) is 2. The predicted octanol–water partition coefficient (Wildman–Crippen LogP) is 1.91. The molecule has 15 heavy (non-hydrogen) atoms. The zero-order valence-corrected chi connectivity index (χ0v) is 8.66. The fraction of sp³-hybridized carbons (Fsp3) is 0.455. The number of nitrogens with one attached hydrogen (secondary N) is 1. The lowest BCUT2D eigenvalue weighted by Gasteiger charge is -2.06. The Hall–Kier alpha value is -1.58. The number of anilines is 1. The highest BCUT2D eigenvalue weighted by Crippen LogP contribution is 2.28.